The first kappa shape index (κ1) is 22.0. The van der Waals surface area contributed by atoms with Crippen molar-refractivity contribution in [2.45, 2.75) is 32.0 Å². The summed E-state index contributed by atoms with van der Waals surface area (Å²) in [6.07, 6.45) is 3.93. The lowest BCUT2D eigenvalue weighted by molar-refractivity contribution is -0.0817. The summed E-state index contributed by atoms with van der Waals surface area (Å²) in [6, 6.07) is 3.33. The van der Waals surface area contributed by atoms with Crippen LogP contribution in [0.4, 0.5) is 0 Å². The number of furan rings is 1. The fourth-order valence-corrected chi connectivity index (χ4v) is 3.24. The molecular formula is C18H29IN4O4. The van der Waals surface area contributed by atoms with Crippen LogP contribution in [0.15, 0.2) is 27.8 Å². The Balaban J connectivity index is 0.00000261. The molecule has 0 aromatic carbocycles. The van der Waals surface area contributed by atoms with E-state index in [4.69, 9.17) is 13.9 Å². The molecule has 9 heteroatoms. The molecular weight excluding hydrogens is 463 g/mol. The van der Waals surface area contributed by atoms with Crippen LogP contribution in [0.2, 0.25) is 0 Å². The molecule has 0 spiro atoms. The average Bonchev–Trinajstić information content (AvgIpc) is 3.38. The minimum absolute atomic E-state index is 0. The van der Waals surface area contributed by atoms with Gasteiger partial charge in [0.15, 0.2) is 11.7 Å². The van der Waals surface area contributed by atoms with Crippen LogP contribution >= 0.6 is 24.0 Å². The number of amides is 1. The normalized spacial score (nSPS) is 23.0. The number of halogens is 1. The molecule has 152 valence electrons. The maximum atomic E-state index is 11.9. The van der Waals surface area contributed by atoms with E-state index >= 15 is 0 Å². The lowest BCUT2D eigenvalue weighted by Gasteiger charge is -2.37. The van der Waals surface area contributed by atoms with Gasteiger partial charge < -0.3 is 29.4 Å². The molecule has 2 atom stereocenters. The van der Waals surface area contributed by atoms with E-state index in [0.29, 0.717) is 25.5 Å². The van der Waals surface area contributed by atoms with Crippen LogP contribution in [0.25, 0.3) is 0 Å². The summed E-state index contributed by atoms with van der Waals surface area (Å²) in [4.78, 5) is 18.7. The van der Waals surface area contributed by atoms with Crippen molar-refractivity contribution < 1.29 is 18.7 Å². The second-order valence-corrected chi connectivity index (χ2v) is 6.38. The first-order valence-electron chi connectivity index (χ1n) is 9.36. The lowest BCUT2D eigenvalue weighted by Crippen LogP contribution is -2.53. The van der Waals surface area contributed by atoms with Crippen LogP contribution in [0.1, 0.15) is 30.3 Å². The average molecular weight is 492 g/mol. The molecule has 3 rings (SSSR count). The molecule has 2 fully saturated rings. The molecule has 3 heterocycles. The second-order valence-electron chi connectivity index (χ2n) is 6.38. The first-order chi connectivity index (χ1) is 12.8. The SMILES string of the molecule is CCNC(=NCCNC(=O)c1ccco1)N1CCOC(C2CCCO2)C1.I. The number of hydrogen-bond donors (Lipinski definition) is 2. The fraction of sp³-hybridized carbons (Fsp3) is 0.667. The number of hydrogen-bond acceptors (Lipinski definition) is 5. The van der Waals surface area contributed by atoms with Gasteiger partial charge in [-0.1, -0.05) is 0 Å². The molecule has 27 heavy (non-hydrogen) atoms. The van der Waals surface area contributed by atoms with Gasteiger partial charge in [0, 0.05) is 32.8 Å². The third-order valence-electron chi connectivity index (χ3n) is 4.51. The topological polar surface area (TPSA) is 88.3 Å². The van der Waals surface area contributed by atoms with Crippen molar-refractivity contribution in [3.8, 4) is 0 Å². The van der Waals surface area contributed by atoms with Crippen LogP contribution in [0.5, 0.6) is 0 Å². The standard InChI is InChI=1S/C18H28N4O4.HI/c1-2-19-18(21-8-7-20-17(23)15-6-4-11-25-15)22-9-12-26-16(13-22)14-5-3-10-24-14;/h4,6,11,14,16H,2-3,5,7-10,12-13H2,1H3,(H,19,21)(H,20,23);1H. The van der Waals surface area contributed by atoms with Gasteiger partial charge >= 0.3 is 0 Å². The van der Waals surface area contributed by atoms with Gasteiger partial charge in [0.25, 0.3) is 5.91 Å². The number of carbonyl (C=O) groups is 1. The Morgan fingerprint density at radius 3 is 2.85 bits per heavy atom. The Morgan fingerprint density at radius 2 is 2.15 bits per heavy atom. The van der Waals surface area contributed by atoms with Crippen LogP contribution in [-0.4, -0.2) is 74.9 Å². The Morgan fingerprint density at radius 1 is 1.30 bits per heavy atom. The van der Waals surface area contributed by atoms with E-state index in [1.165, 1.54) is 6.26 Å². The zero-order chi connectivity index (χ0) is 18.2. The highest BCUT2D eigenvalue weighted by atomic mass is 127. The van der Waals surface area contributed by atoms with E-state index in [0.717, 1.165) is 45.0 Å². The van der Waals surface area contributed by atoms with E-state index in [-0.39, 0.29) is 42.1 Å². The summed E-state index contributed by atoms with van der Waals surface area (Å²) in [7, 11) is 0. The van der Waals surface area contributed by atoms with Gasteiger partial charge in [0.05, 0.1) is 25.5 Å². The van der Waals surface area contributed by atoms with Gasteiger partial charge in [0.1, 0.15) is 6.10 Å². The van der Waals surface area contributed by atoms with Crippen LogP contribution in [0, 0.1) is 0 Å². The first-order valence-corrected chi connectivity index (χ1v) is 9.36. The van der Waals surface area contributed by atoms with Gasteiger partial charge in [-0.2, -0.15) is 0 Å². The van der Waals surface area contributed by atoms with Crippen LogP contribution < -0.4 is 10.6 Å². The Kier molecular flexibility index (Phi) is 9.35. The summed E-state index contributed by atoms with van der Waals surface area (Å²) < 4.78 is 16.7. The van der Waals surface area contributed by atoms with E-state index in [9.17, 15) is 4.79 Å². The maximum absolute atomic E-state index is 11.9. The van der Waals surface area contributed by atoms with Crippen molar-refractivity contribution >= 4 is 35.8 Å². The zero-order valence-corrected chi connectivity index (χ0v) is 18.0. The van der Waals surface area contributed by atoms with Crippen molar-refractivity contribution in [2.24, 2.45) is 4.99 Å². The minimum Gasteiger partial charge on any atom is -0.459 e. The second kappa shape index (κ2) is 11.5. The molecule has 1 aromatic rings. The molecule has 8 nitrogen and oxygen atoms in total. The molecule has 1 amide bonds. The highest BCUT2D eigenvalue weighted by molar-refractivity contribution is 14.0. The molecule has 1 aromatic heterocycles. The van der Waals surface area contributed by atoms with E-state index < -0.39 is 0 Å². The van der Waals surface area contributed by atoms with Gasteiger partial charge in [-0.15, -0.1) is 24.0 Å². The number of nitrogens with zero attached hydrogens (tertiary/aromatic N) is 2. The molecule has 0 saturated carbocycles. The maximum Gasteiger partial charge on any atom is 0.287 e. The van der Waals surface area contributed by atoms with Crippen molar-refractivity contribution in [1.82, 2.24) is 15.5 Å². The lowest BCUT2D eigenvalue weighted by atomic mass is 10.1. The molecule has 2 saturated heterocycles. The van der Waals surface area contributed by atoms with E-state index in [1.807, 2.05) is 6.92 Å². The summed E-state index contributed by atoms with van der Waals surface area (Å²) in [5, 5.41) is 6.14. The molecule has 2 aliphatic heterocycles. The number of carbonyl (C=O) groups excluding carboxylic acids is 1. The Labute approximate surface area is 177 Å². The molecule has 2 N–H and O–H groups in total. The number of guanidine groups is 1. The predicted molar refractivity (Wildman–Crippen MR) is 113 cm³/mol. The van der Waals surface area contributed by atoms with Crippen molar-refractivity contribution in [3.63, 3.8) is 0 Å². The monoisotopic (exact) mass is 492 g/mol. The van der Waals surface area contributed by atoms with E-state index in [1.54, 1.807) is 12.1 Å². The van der Waals surface area contributed by atoms with Gasteiger partial charge in [-0.05, 0) is 31.9 Å². The van der Waals surface area contributed by atoms with Crippen molar-refractivity contribution in [2.75, 3.05) is 45.9 Å². The minimum atomic E-state index is -0.222. The summed E-state index contributed by atoms with van der Waals surface area (Å²) in [6.45, 7) is 6.86. The van der Waals surface area contributed by atoms with Gasteiger partial charge in [-0.3, -0.25) is 9.79 Å². The highest BCUT2D eigenvalue weighted by Gasteiger charge is 2.32. The third-order valence-corrected chi connectivity index (χ3v) is 4.51. The quantitative estimate of drug-likeness (QED) is 0.271. The predicted octanol–water partition coefficient (Wildman–Crippen LogP) is 1.47. The molecule has 2 aliphatic rings. The molecule has 0 bridgehead atoms. The molecule has 2 unspecified atom stereocenters. The number of nitrogens with one attached hydrogen (secondary N) is 2. The highest BCUT2D eigenvalue weighted by Crippen LogP contribution is 2.21. The molecule has 0 aliphatic carbocycles. The molecule has 0 radical (unpaired) electrons. The number of aliphatic imine (C=N–C) groups is 1. The summed E-state index contributed by atoms with van der Waals surface area (Å²) in [5.74, 6) is 0.944. The van der Waals surface area contributed by atoms with Gasteiger partial charge in [0.2, 0.25) is 0 Å². The van der Waals surface area contributed by atoms with Gasteiger partial charge in [-0.25, -0.2) is 0 Å². The Bertz CT molecular complexity index is 590. The van der Waals surface area contributed by atoms with Crippen LogP contribution in [-0.2, 0) is 9.47 Å². The van der Waals surface area contributed by atoms with E-state index in [2.05, 4.69) is 20.5 Å². The zero-order valence-electron chi connectivity index (χ0n) is 15.7. The number of morpholine rings is 1. The third kappa shape index (κ3) is 6.35. The van der Waals surface area contributed by atoms with Crippen LogP contribution in [0.3, 0.4) is 0 Å². The largest absolute Gasteiger partial charge is 0.459 e. The number of ether oxygens (including phenoxy) is 2. The summed E-state index contributed by atoms with van der Waals surface area (Å²) >= 11 is 0. The fourth-order valence-electron chi connectivity index (χ4n) is 3.24. The number of rotatable bonds is 6. The summed E-state index contributed by atoms with van der Waals surface area (Å²) in [5.41, 5.74) is 0. The van der Waals surface area contributed by atoms with Crippen molar-refractivity contribution in [3.05, 3.63) is 24.2 Å². The Hall–Kier alpha value is -1.33. The van der Waals surface area contributed by atoms with Crippen molar-refractivity contribution in [1.29, 1.82) is 0 Å². The smallest absolute Gasteiger partial charge is 0.287 e.